The molecule has 3 heterocycles. The van der Waals surface area contributed by atoms with Crippen molar-refractivity contribution in [3.8, 4) is 5.75 Å². The molecule has 1 aromatic carbocycles. The third-order valence-electron chi connectivity index (χ3n) is 7.42. The Kier molecular flexibility index (Phi) is 5.86. The molecule has 1 aliphatic carbocycles. The smallest absolute Gasteiger partial charge is 0.276 e. The first-order chi connectivity index (χ1) is 17.1. The van der Waals surface area contributed by atoms with Crippen LogP contribution in [0.4, 0.5) is 17.1 Å². The predicted octanol–water partition coefficient (Wildman–Crippen LogP) is 2.54. The first-order valence-electron chi connectivity index (χ1n) is 12.2. The SMILES string of the molecule is Cc1cc2c(o1)C(Nc1c(Nc3ccnc(C(=O)N4CCN(C)CC4)c3O)c(=O)c1=O)C(C)(C)CC2. The summed E-state index contributed by atoms with van der Waals surface area (Å²) < 4.78 is 5.97. The van der Waals surface area contributed by atoms with Crippen LogP contribution in [-0.4, -0.2) is 59.0 Å². The molecule has 1 aliphatic heterocycles. The fourth-order valence-corrected chi connectivity index (χ4v) is 5.04. The predicted molar refractivity (Wildman–Crippen MR) is 136 cm³/mol. The molecule has 190 valence electrons. The van der Waals surface area contributed by atoms with Gasteiger partial charge in [0.1, 0.15) is 22.9 Å². The number of amides is 1. The van der Waals surface area contributed by atoms with E-state index in [0.717, 1.165) is 43.0 Å². The maximum Gasteiger partial charge on any atom is 0.276 e. The van der Waals surface area contributed by atoms with Gasteiger partial charge in [0.05, 0.1) is 11.7 Å². The number of likely N-dealkylation sites (N-methyl/N-ethyl adjacent to an activating group) is 1. The summed E-state index contributed by atoms with van der Waals surface area (Å²) in [6, 6.07) is 3.17. The molecule has 0 saturated carbocycles. The highest BCUT2D eigenvalue weighted by atomic mass is 16.3. The number of nitrogens with zero attached hydrogens (tertiary/aromatic N) is 3. The van der Waals surface area contributed by atoms with E-state index in [1.165, 1.54) is 12.3 Å². The minimum absolute atomic E-state index is 0.0469. The summed E-state index contributed by atoms with van der Waals surface area (Å²) in [6.45, 7) is 8.61. The molecule has 1 saturated heterocycles. The lowest BCUT2D eigenvalue weighted by Gasteiger charge is -2.38. The number of aromatic hydroxyl groups is 1. The van der Waals surface area contributed by atoms with Gasteiger partial charge in [-0.1, -0.05) is 13.8 Å². The van der Waals surface area contributed by atoms with E-state index in [-0.39, 0.29) is 45.9 Å². The van der Waals surface area contributed by atoms with E-state index in [9.17, 15) is 19.5 Å². The van der Waals surface area contributed by atoms with Crippen LogP contribution in [0.25, 0.3) is 0 Å². The number of piperazine rings is 1. The minimum atomic E-state index is -0.690. The van der Waals surface area contributed by atoms with Gasteiger partial charge in [0.25, 0.3) is 16.8 Å². The van der Waals surface area contributed by atoms with Gasteiger partial charge in [-0.3, -0.25) is 14.4 Å². The maximum absolute atomic E-state index is 13.0. The van der Waals surface area contributed by atoms with Gasteiger partial charge >= 0.3 is 0 Å². The van der Waals surface area contributed by atoms with E-state index in [1.54, 1.807) is 4.90 Å². The monoisotopic (exact) mass is 493 g/mol. The Labute approximate surface area is 208 Å². The van der Waals surface area contributed by atoms with Crippen LogP contribution in [0.1, 0.15) is 53.9 Å². The van der Waals surface area contributed by atoms with Gasteiger partial charge in [0, 0.05) is 32.4 Å². The number of hydrogen-bond acceptors (Lipinski definition) is 9. The molecule has 0 radical (unpaired) electrons. The first-order valence-corrected chi connectivity index (χ1v) is 12.2. The fraction of sp³-hybridized carbons (Fsp3) is 0.462. The van der Waals surface area contributed by atoms with Crippen molar-refractivity contribution < 1.29 is 14.3 Å². The second-order valence-electron chi connectivity index (χ2n) is 10.5. The number of carbonyl (C=O) groups is 1. The third-order valence-corrected chi connectivity index (χ3v) is 7.42. The van der Waals surface area contributed by atoms with E-state index in [4.69, 9.17) is 4.42 Å². The van der Waals surface area contributed by atoms with Gasteiger partial charge < -0.3 is 30.0 Å². The Morgan fingerprint density at radius 1 is 1.17 bits per heavy atom. The van der Waals surface area contributed by atoms with Gasteiger partial charge in [-0.05, 0) is 49.9 Å². The van der Waals surface area contributed by atoms with Gasteiger partial charge in [0.2, 0.25) is 0 Å². The van der Waals surface area contributed by atoms with E-state index in [1.807, 2.05) is 20.0 Å². The second-order valence-corrected chi connectivity index (χ2v) is 10.5. The molecule has 10 nitrogen and oxygen atoms in total. The van der Waals surface area contributed by atoms with Gasteiger partial charge in [-0.2, -0.15) is 0 Å². The van der Waals surface area contributed by atoms with Crippen molar-refractivity contribution in [2.24, 2.45) is 5.41 Å². The number of aryl methyl sites for hydroxylation is 2. The van der Waals surface area contributed by atoms with Gasteiger partial charge in [-0.25, -0.2) is 4.98 Å². The largest absolute Gasteiger partial charge is 0.504 e. The highest BCUT2D eigenvalue weighted by Crippen LogP contribution is 2.46. The lowest BCUT2D eigenvalue weighted by atomic mass is 9.73. The van der Waals surface area contributed by atoms with Crippen molar-refractivity contribution in [3.63, 3.8) is 0 Å². The third kappa shape index (κ3) is 4.05. The van der Waals surface area contributed by atoms with Crippen LogP contribution in [-0.2, 0) is 6.42 Å². The van der Waals surface area contributed by atoms with Crippen LogP contribution in [0.15, 0.2) is 32.3 Å². The van der Waals surface area contributed by atoms with E-state index in [2.05, 4.69) is 34.4 Å². The Balaban J connectivity index is 1.42. The van der Waals surface area contributed by atoms with Crippen molar-refractivity contribution in [3.05, 3.63) is 61.6 Å². The summed E-state index contributed by atoms with van der Waals surface area (Å²) in [5, 5.41) is 17.0. The molecule has 2 aliphatic rings. The number of pyridine rings is 1. The Bertz CT molecular complexity index is 1390. The number of furan rings is 1. The maximum atomic E-state index is 13.0. The number of nitrogens with one attached hydrogen (secondary N) is 2. The summed E-state index contributed by atoms with van der Waals surface area (Å²) in [7, 11) is 1.99. The molecule has 3 aromatic rings. The van der Waals surface area contributed by atoms with Crippen LogP contribution in [0, 0.1) is 12.3 Å². The van der Waals surface area contributed by atoms with Crippen molar-refractivity contribution in [1.82, 2.24) is 14.8 Å². The van der Waals surface area contributed by atoms with Gasteiger partial charge in [0.15, 0.2) is 11.4 Å². The van der Waals surface area contributed by atoms with Crippen LogP contribution in [0.2, 0.25) is 0 Å². The molecular weight excluding hydrogens is 462 g/mol. The molecule has 1 amide bonds. The standard InChI is InChI=1S/C26H31N5O5/c1-14-13-15-5-7-26(2,3)24(23(15)36-14)29-18-17(21(33)22(18)34)28-16-6-8-27-19(20(16)32)25(35)31-11-9-30(4)10-12-31/h6,8,13,24,29,32H,5,7,9-12H2,1-4H3,(H,27,28). The van der Waals surface area contributed by atoms with E-state index >= 15 is 0 Å². The van der Waals surface area contributed by atoms with Crippen LogP contribution in [0.3, 0.4) is 0 Å². The number of rotatable bonds is 5. The number of hydrogen-bond donors (Lipinski definition) is 3. The Hall–Kier alpha value is -3.66. The summed E-state index contributed by atoms with van der Waals surface area (Å²) in [5.41, 5.74) is -0.229. The first kappa shape index (κ1) is 24.1. The number of carbonyl (C=O) groups excluding carboxylic acids is 1. The zero-order valence-electron chi connectivity index (χ0n) is 21.0. The Morgan fingerprint density at radius 2 is 1.86 bits per heavy atom. The fourth-order valence-electron chi connectivity index (χ4n) is 5.04. The van der Waals surface area contributed by atoms with Crippen molar-refractivity contribution in [2.45, 2.75) is 39.7 Å². The zero-order chi connectivity index (χ0) is 25.8. The van der Waals surface area contributed by atoms with Crippen LogP contribution in [0.5, 0.6) is 5.75 Å². The number of aromatic nitrogens is 1. The molecule has 5 rings (SSSR count). The van der Waals surface area contributed by atoms with Crippen LogP contribution >= 0.6 is 0 Å². The van der Waals surface area contributed by atoms with Crippen molar-refractivity contribution in [2.75, 3.05) is 43.9 Å². The summed E-state index contributed by atoms with van der Waals surface area (Å²) in [4.78, 5) is 45.9. The number of fused-ring (bicyclic) bond motifs is 1. The summed E-state index contributed by atoms with van der Waals surface area (Å²) in [6.07, 6.45) is 3.16. The normalized spacial score (nSPS) is 19.8. The summed E-state index contributed by atoms with van der Waals surface area (Å²) in [5.74, 6) is 0.835. The molecule has 36 heavy (non-hydrogen) atoms. The lowest BCUT2D eigenvalue weighted by molar-refractivity contribution is 0.0655. The highest BCUT2D eigenvalue weighted by Gasteiger charge is 2.40. The quantitative estimate of drug-likeness (QED) is 0.459. The molecule has 0 spiro atoms. The molecule has 0 bridgehead atoms. The lowest BCUT2D eigenvalue weighted by Crippen LogP contribution is -2.47. The zero-order valence-corrected chi connectivity index (χ0v) is 21.0. The topological polar surface area (TPSA) is 128 Å². The minimum Gasteiger partial charge on any atom is -0.504 e. The van der Waals surface area contributed by atoms with Crippen LogP contribution < -0.4 is 21.5 Å². The van der Waals surface area contributed by atoms with Gasteiger partial charge in [-0.15, -0.1) is 0 Å². The molecule has 1 atom stereocenters. The van der Waals surface area contributed by atoms with E-state index in [0.29, 0.717) is 13.1 Å². The Morgan fingerprint density at radius 3 is 2.58 bits per heavy atom. The number of anilines is 3. The molecule has 1 unspecified atom stereocenters. The highest BCUT2D eigenvalue weighted by molar-refractivity contribution is 5.97. The molecule has 10 heteroatoms. The molecule has 1 fully saturated rings. The molecular formula is C26H31N5O5. The average molecular weight is 494 g/mol. The summed E-state index contributed by atoms with van der Waals surface area (Å²) >= 11 is 0. The second kappa shape index (κ2) is 8.77. The van der Waals surface area contributed by atoms with E-state index < -0.39 is 10.9 Å². The van der Waals surface area contributed by atoms with Crippen molar-refractivity contribution >= 4 is 23.0 Å². The molecule has 3 N–H and O–H groups in total. The average Bonchev–Trinajstić information content (AvgIpc) is 3.23. The van der Waals surface area contributed by atoms with Crippen molar-refractivity contribution in [1.29, 1.82) is 0 Å². The molecule has 2 aromatic heterocycles.